The number of hydrogen-bond acceptors (Lipinski definition) is 4. The minimum absolute atomic E-state index is 0.271. The van der Waals surface area contributed by atoms with E-state index in [4.69, 9.17) is 10.7 Å². The van der Waals surface area contributed by atoms with Gasteiger partial charge < -0.3 is 11.1 Å². The van der Waals surface area contributed by atoms with E-state index in [1.54, 1.807) is 7.05 Å². The van der Waals surface area contributed by atoms with Gasteiger partial charge in [-0.2, -0.15) is 0 Å². The lowest BCUT2D eigenvalue weighted by Gasteiger charge is -2.11. The van der Waals surface area contributed by atoms with Crippen molar-refractivity contribution in [2.45, 2.75) is 13.8 Å². The first kappa shape index (κ1) is 18.3. The number of benzene rings is 2. The number of nitrogens with zero attached hydrogens (tertiary/aromatic N) is 2. The summed E-state index contributed by atoms with van der Waals surface area (Å²) in [6, 6.07) is 16.1. The molecule has 0 saturated heterocycles. The maximum atomic E-state index is 12.3. The molecule has 1 heterocycles. The van der Waals surface area contributed by atoms with Crippen LogP contribution in [0.5, 0.6) is 0 Å². The number of carbonyl (C=O) groups excluding carboxylic acids is 1. The van der Waals surface area contributed by atoms with Crippen LogP contribution < -0.4 is 11.1 Å². The van der Waals surface area contributed by atoms with E-state index in [0.717, 1.165) is 33.4 Å². The molecule has 3 rings (SSSR count). The highest BCUT2D eigenvalue weighted by Gasteiger charge is 2.11. The zero-order valence-corrected chi connectivity index (χ0v) is 15.7. The molecule has 0 aliphatic rings. The summed E-state index contributed by atoms with van der Waals surface area (Å²) in [4.78, 5) is 21.0. The average molecular weight is 358 g/mol. The molecule has 0 fully saturated rings. The third kappa shape index (κ3) is 3.87. The van der Waals surface area contributed by atoms with Gasteiger partial charge in [0, 0.05) is 23.7 Å². The molecule has 27 heavy (non-hydrogen) atoms. The molecule has 0 spiro atoms. The number of pyridine rings is 1. The van der Waals surface area contributed by atoms with Crippen molar-refractivity contribution < 1.29 is 4.79 Å². The van der Waals surface area contributed by atoms with Crippen LogP contribution in [-0.4, -0.2) is 23.7 Å². The standard InChI is InChI=1S/C22H22N4O/c1-14-13-21(25-19-7-5-4-6-17(14)19)16-8-9-18(15(2)12-16)26-22(27)20(24-3)10-11-23/h4-13H,23H2,1-3H3,(H,26,27). The SMILES string of the molecule is CN=C(C=CN)C(=O)Nc1ccc(-c2cc(C)c3ccccc3n2)cc1C. The highest BCUT2D eigenvalue weighted by Crippen LogP contribution is 2.27. The van der Waals surface area contributed by atoms with Gasteiger partial charge in [-0.05, 0) is 61.5 Å². The van der Waals surface area contributed by atoms with Crippen LogP contribution in [0.2, 0.25) is 0 Å². The molecule has 0 unspecified atom stereocenters. The van der Waals surface area contributed by atoms with Crippen LogP contribution in [0, 0.1) is 13.8 Å². The third-order valence-electron chi connectivity index (χ3n) is 4.42. The Morgan fingerprint density at radius 3 is 2.59 bits per heavy atom. The van der Waals surface area contributed by atoms with Crippen molar-refractivity contribution in [2.75, 3.05) is 12.4 Å². The van der Waals surface area contributed by atoms with E-state index in [2.05, 4.69) is 29.4 Å². The Kier molecular flexibility index (Phi) is 5.31. The number of aromatic nitrogens is 1. The van der Waals surface area contributed by atoms with Crippen LogP contribution in [0.25, 0.3) is 22.2 Å². The van der Waals surface area contributed by atoms with Gasteiger partial charge in [-0.3, -0.25) is 9.79 Å². The molecule has 2 aromatic carbocycles. The summed E-state index contributed by atoms with van der Waals surface area (Å²) in [6.07, 6.45) is 2.77. The Morgan fingerprint density at radius 2 is 1.89 bits per heavy atom. The third-order valence-corrected chi connectivity index (χ3v) is 4.42. The van der Waals surface area contributed by atoms with Crippen LogP contribution >= 0.6 is 0 Å². The first-order chi connectivity index (χ1) is 13.0. The molecular weight excluding hydrogens is 336 g/mol. The monoisotopic (exact) mass is 358 g/mol. The van der Waals surface area contributed by atoms with E-state index >= 15 is 0 Å². The van der Waals surface area contributed by atoms with Gasteiger partial charge in [-0.1, -0.05) is 24.3 Å². The summed E-state index contributed by atoms with van der Waals surface area (Å²) in [7, 11) is 1.55. The van der Waals surface area contributed by atoms with Gasteiger partial charge in [0.1, 0.15) is 5.71 Å². The number of carbonyl (C=O) groups is 1. The Hall–Kier alpha value is -3.47. The van der Waals surface area contributed by atoms with Crippen LogP contribution in [0.1, 0.15) is 11.1 Å². The molecule has 1 amide bonds. The fourth-order valence-electron chi connectivity index (χ4n) is 2.99. The summed E-state index contributed by atoms with van der Waals surface area (Å²) in [6.45, 7) is 4.04. The lowest BCUT2D eigenvalue weighted by molar-refractivity contribution is -0.110. The van der Waals surface area contributed by atoms with E-state index in [9.17, 15) is 4.79 Å². The smallest absolute Gasteiger partial charge is 0.273 e. The number of aryl methyl sites for hydroxylation is 2. The van der Waals surface area contributed by atoms with Gasteiger partial charge in [0.2, 0.25) is 0 Å². The fraction of sp³-hybridized carbons (Fsp3) is 0.136. The molecule has 0 radical (unpaired) electrons. The van der Waals surface area contributed by atoms with Gasteiger partial charge >= 0.3 is 0 Å². The quantitative estimate of drug-likeness (QED) is 0.692. The van der Waals surface area contributed by atoms with Gasteiger partial charge in [0.15, 0.2) is 0 Å². The zero-order chi connectivity index (χ0) is 19.4. The molecule has 5 heteroatoms. The Labute approximate surface area is 158 Å². The molecule has 0 atom stereocenters. The van der Waals surface area contributed by atoms with Crippen molar-refractivity contribution in [3.05, 3.63) is 71.9 Å². The van der Waals surface area contributed by atoms with Crippen LogP contribution in [0.4, 0.5) is 5.69 Å². The number of fused-ring (bicyclic) bond motifs is 1. The largest absolute Gasteiger partial charge is 0.405 e. The van der Waals surface area contributed by atoms with Crippen molar-refractivity contribution in [3.8, 4) is 11.3 Å². The minimum Gasteiger partial charge on any atom is -0.405 e. The second-order valence-corrected chi connectivity index (χ2v) is 6.29. The number of hydrogen-bond donors (Lipinski definition) is 2. The molecule has 0 aliphatic carbocycles. The number of amides is 1. The first-order valence-electron chi connectivity index (χ1n) is 8.67. The van der Waals surface area contributed by atoms with Gasteiger partial charge in [0.25, 0.3) is 5.91 Å². The summed E-state index contributed by atoms with van der Waals surface area (Å²) in [5, 5.41) is 4.02. The van der Waals surface area contributed by atoms with Crippen molar-refractivity contribution in [3.63, 3.8) is 0 Å². The maximum Gasteiger partial charge on any atom is 0.273 e. The molecule has 3 N–H and O–H groups in total. The fourth-order valence-corrected chi connectivity index (χ4v) is 2.99. The number of nitrogens with two attached hydrogens (primary N) is 1. The first-order valence-corrected chi connectivity index (χ1v) is 8.67. The van der Waals surface area contributed by atoms with E-state index in [1.807, 2.05) is 43.3 Å². The van der Waals surface area contributed by atoms with E-state index in [0.29, 0.717) is 0 Å². The molecule has 3 aromatic rings. The summed E-state index contributed by atoms with van der Waals surface area (Å²) < 4.78 is 0. The number of anilines is 1. The lowest BCUT2D eigenvalue weighted by atomic mass is 10.0. The van der Waals surface area contributed by atoms with Crippen LogP contribution in [-0.2, 0) is 4.79 Å². The van der Waals surface area contributed by atoms with Gasteiger partial charge in [0.05, 0.1) is 11.2 Å². The Bertz CT molecular complexity index is 1070. The number of para-hydroxylation sites is 1. The lowest BCUT2D eigenvalue weighted by Crippen LogP contribution is -2.22. The average Bonchev–Trinajstić information content (AvgIpc) is 2.67. The van der Waals surface area contributed by atoms with E-state index in [1.165, 1.54) is 17.8 Å². The number of nitrogens with one attached hydrogen (secondary N) is 1. The minimum atomic E-state index is -0.297. The second kappa shape index (κ2) is 7.83. The maximum absolute atomic E-state index is 12.3. The molecule has 136 valence electrons. The van der Waals surface area contributed by atoms with Crippen molar-refractivity contribution in [2.24, 2.45) is 10.7 Å². The molecule has 5 nitrogen and oxygen atoms in total. The summed E-state index contributed by atoms with van der Waals surface area (Å²) in [5.74, 6) is -0.297. The zero-order valence-electron chi connectivity index (χ0n) is 15.7. The van der Waals surface area contributed by atoms with Crippen molar-refractivity contribution >= 4 is 28.2 Å². The van der Waals surface area contributed by atoms with Crippen LogP contribution in [0.15, 0.2) is 65.8 Å². The number of rotatable bonds is 4. The topological polar surface area (TPSA) is 80.4 Å². The van der Waals surface area contributed by atoms with E-state index < -0.39 is 0 Å². The molecule has 1 aromatic heterocycles. The van der Waals surface area contributed by atoms with Gasteiger partial charge in [-0.25, -0.2) is 4.98 Å². The normalized spacial score (nSPS) is 11.9. The Morgan fingerprint density at radius 1 is 1.11 bits per heavy atom. The molecule has 0 saturated carbocycles. The second-order valence-electron chi connectivity index (χ2n) is 6.29. The number of aliphatic imine (C=N–C) groups is 1. The van der Waals surface area contributed by atoms with Crippen LogP contribution in [0.3, 0.4) is 0 Å². The van der Waals surface area contributed by atoms with E-state index in [-0.39, 0.29) is 11.6 Å². The summed E-state index contributed by atoms with van der Waals surface area (Å²) >= 11 is 0. The summed E-state index contributed by atoms with van der Waals surface area (Å²) in [5.41, 5.74) is 11.4. The van der Waals surface area contributed by atoms with Crippen molar-refractivity contribution in [1.82, 2.24) is 4.98 Å². The Balaban J connectivity index is 1.92. The molecule has 0 bridgehead atoms. The molecule has 0 aliphatic heterocycles. The highest BCUT2D eigenvalue weighted by atomic mass is 16.1. The van der Waals surface area contributed by atoms with Crippen molar-refractivity contribution in [1.29, 1.82) is 0 Å². The van der Waals surface area contributed by atoms with Gasteiger partial charge in [-0.15, -0.1) is 0 Å². The highest BCUT2D eigenvalue weighted by molar-refractivity contribution is 6.47. The predicted octanol–water partition coefficient (Wildman–Crippen LogP) is 4.00. The predicted molar refractivity (Wildman–Crippen MR) is 112 cm³/mol. The molecular formula is C22H22N4O.